The molecule has 0 amide bonds. The van der Waals surface area contributed by atoms with E-state index in [1.165, 1.54) is 13.2 Å². The van der Waals surface area contributed by atoms with Gasteiger partial charge in [-0.25, -0.2) is 0 Å². The zero-order chi connectivity index (χ0) is 13.6. The number of benzene rings is 1. The molecular weight excluding hydrogens is 252 g/mol. The van der Waals surface area contributed by atoms with Crippen molar-refractivity contribution in [2.45, 2.75) is 6.42 Å². The molecule has 98 valence electrons. The number of ether oxygens (including phenoxy) is 2. The predicted molar refractivity (Wildman–Crippen MR) is 67.0 cm³/mol. The van der Waals surface area contributed by atoms with Crippen molar-refractivity contribution in [2.75, 3.05) is 13.7 Å². The van der Waals surface area contributed by atoms with E-state index in [9.17, 15) is 14.9 Å². The SMILES string of the molecule is COc1c([N+](=O)[O-])ccc2c3c(c(=O)[nH]c12)CCO3. The first kappa shape index (κ1) is 11.5. The zero-order valence-corrected chi connectivity index (χ0v) is 10.1. The summed E-state index contributed by atoms with van der Waals surface area (Å²) in [5.41, 5.74) is 0.383. The Morgan fingerprint density at radius 2 is 2.26 bits per heavy atom. The molecule has 3 rings (SSSR count). The fourth-order valence-corrected chi connectivity index (χ4v) is 2.34. The van der Waals surface area contributed by atoms with Crippen molar-refractivity contribution in [2.24, 2.45) is 0 Å². The summed E-state index contributed by atoms with van der Waals surface area (Å²) in [6, 6.07) is 2.91. The highest BCUT2D eigenvalue weighted by atomic mass is 16.6. The van der Waals surface area contributed by atoms with E-state index in [1.54, 1.807) is 6.07 Å². The van der Waals surface area contributed by atoms with E-state index in [4.69, 9.17) is 9.47 Å². The van der Waals surface area contributed by atoms with Gasteiger partial charge in [0.25, 0.3) is 5.56 Å². The highest BCUT2D eigenvalue weighted by molar-refractivity contribution is 5.93. The minimum Gasteiger partial charge on any atom is -0.492 e. The lowest BCUT2D eigenvalue weighted by Gasteiger charge is -2.08. The molecule has 1 aliphatic heterocycles. The van der Waals surface area contributed by atoms with Crippen LogP contribution in [0.5, 0.6) is 11.5 Å². The van der Waals surface area contributed by atoms with E-state index >= 15 is 0 Å². The normalized spacial score (nSPS) is 13.1. The number of nitro groups is 1. The molecule has 2 aromatic rings. The second-order valence-electron chi connectivity index (χ2n) is 4.16. The second kappa shape index (κ2) is 3.98. The fourth-order valence-electron chi connectivity index (χ4n) is 2.34. The molecule has 0 radical (unpaired) electrons. The molecule has 2 heterocycles. The van der Waals surface area contributed by atoms with Crippen LogP contribution in [0.2, 0.25) is 0 Å². The number of nitrogens with one attached hydrogen (secondary N) is 1. The summed E-state index contributed by atoms with van der Waals surface area (Å²) < 4.78 is 10.5. The Kier molecular flexibility index (Phi) is 2.41. The standard InChI is InChI=1S/C12H10N2O5/c1-18-11-8(14(16)17)3-2-6-9(11)13-12(15)7-4-5-19-10(6)7/h2-3H,4-5H2,1H3,(H,13,15). The van der Waals surface area contributed by atoms with Crippen LogP contribution in [0.4, 0.5) is 5.69 Å². The van der Waals surface area contributed by atoms with Gasteiger partial charge in [-0.3, -0.25) is 14.9 Å². The van der Waals surface area contributed by atoms with Gasteiger partial charge in [-0.15, -0.1) is 0 Å². The van der Waals surface area contributed by atoms with Gasteiger partial charge in [-0.1, -0.05) is 0 Å². The molecule has 0 unspecified atom stereocenters. The summed E-state index contributed by atoms with van der Waals surface area (Å²) in [7, 11) is 1.33. The van der Waals surface area contributed by atoms with E-state index in [2.05, 4.69) is 4.98 Å². The van der Waals surface area contributed by atoms with Gasteiger partial charge in [-0.05, 0) is 6.07 Å². The van der Waals surface area contributed by atoms with Crippen LogP contribution in [-0.2, 0) is 6.42 Å². The van der Waals surface area contributed by atoms with E-state index in [1.807, 2.05) is 0 Å². The number of pyridine rings is 1. The predicted octanol–water partition coefficient (Wildman–Crippen LogP) is 1.38. The lowest BCUT2D eigenvalue weighted by atomic mass is 10.1. The summed E-state index contributed by atoms with van der Waals surface area (Å²) in [5, 5.41) is 11.6. The molecule has 19 heavy (non-hydrogen) atoms. The molecule has 1 aromatic heterocycles. The van der Waals surface area contributed by atoms with Gasteiger partial charge in [0, 0.05) is 17.9 Å². The maximum absolute atomic E-state index is 11.9. The third-order valence-corrected chi connectivity index (χ3v) is 3.17. The monoisotopic (exact) mass is 262 g/mol. The number of methoxy groups -OCH3 is 1. The van der Waals surface area contributed by atoms with Crippen LogP contribution in [0.1, 0.15) is 5.56 Å². The molecule has 1 aromatic carbocycles. The number of rotatable bonds is 2. The van der Waals surface area contributed by atoms with Gasteiger partial charge in [0.05, 0.1) is 24.2 Å². The zero-order valence-electron chi connectivity index (χ0n) is 10.1. The molecule has 0 saturated carbocycles. The van der Waals surface area contributed by atoms with Crippen molar-refractivity contribution in [3.05, 3.63) is 38.2 Å². The van der Waals surface area contributed by atoms with Crippen molar-refractivity contribution >= 4 is 16.6 Å². The molecule has 7 nitrogen and oxygen atoms in total. The van der Waals surface area contributed by atoms with Gasteiger partial charge in [-0.2, -0.15) is 0 Å². The van der Waals surface area contributed by atoms with E-state index in [-0.39, 0.29) is 17.0 Å². The maximum Gasteiger partial charge on any atom is 0.313 e. The minimum atomic E-state index is -0.551. The van der Waals surface area contributed by atoms with Crippen molar-refractivity contribution in [3.8, 4) is 11.5 Å². The number of aromatic nitrogens is 1. The summed E-state index contributed by atoms with van der Waals surface area (Å²) >= 11 is 0. The average Bonchev–Trinajstić information content (AvgIpc) is 2.87. The van der Waals surface area contributed by atoms with Crippen molar-refractivity contribution in [1.29, 1.82) is 0 Å². The van der Waals surface area contributed by atoms with Gasteiger partial charge in [0.1, 0.15) is 11.3 Å². The molecule has 1 aliphatic rings. The summed E-state index contributed by atoms with van der Waals surface area (Å²) in [6.07, 6.45) is 0.542. The number of fused-ring (bicyclic) bond motifs is 3. The van der Waals surface area contributed by atoms with Gasteiger partial charge in [0.15, 0.2) is 0 Å². The molecule has 0 aliphatic carbocycles. The Labute approximate surface area is 106 Å². The summed E-state index contributed by atoms with van der Waals surface area (Å²) in [6.45, 7) is 0.441. The third-order valence-electron chi connectivity index (χ3n) is 3.17. The van der Waals surface area contributed by atoms with Crippen LogP contribution in [0, 0.1) is 10.1 Å². The van der Waals surface area contributed by atoms with Crippen LogP contribution >= 0.6 is 0 Å². The Morgan fingerprint density at radius 3 is 2.95 bits per heavy atom. The number of hydrogen-bond acceptors (Lipinski definition) is 5. The minimum absolute atomic E-state index is 0.0397. The molecule has 0 spiro atoms. The van der Waals surface area contributed by atoms with Crippen molar-refractivity contribution < 1.29 is 14.4 Å². The molecule has 1 N–H and O–H groups in total. The molecule has 0 bridgehead atoms. The summed E-state index contributed by atoms with van der Waals surface area (Å²) in [4.78, 5) is 24.9. The highest BCUT2D eigenvalue weighted by Gasteiger charge is 2.25. The smallest absolute Gasteiger partial charge is 0.313 e. The lowest BCUT2D eigenvalue weighted by molar-refractivity contribution is -0.385. The maximum atomic E-state index is 11.9. The number of hydrogen-bond donors (Lipinski definition) is 1. The lowest BCUT2D eigenvalue weighted by Crippen LogP contribution is -2.11. The van der Waals surface area contributed by atoms with E-state index in [0.29, 0.717) is 35.2 Å². The van der Waals surface area contributed by atoms with Gasteiger partial charge in [0.2, 0.25) is 5.75 Å². The molecule has 7 heteroatoms. The Morgan fingerprint density at radius 1 is 1.47 bits per heavy atom. The number of nitro benzene ring substituents is 1. The van der Waals surface area contributed by atoms with Crippen molar-refractivity contribution in [1.82, 2.24) is 4.98 Å². The first-order valence-corrected chi connectivity index (χ1v) is 5.66. The van der Waals surface area contributed by atoms with E-state index in [0.717, 1.165) is 0 Å². The van der Waals surface area contributed by atoms with Crippen LogP contribution < -0.4 is 15.0 Å². The molecule has 0 atom stereocenters. The largest absolute Gasteiger partial charge is 0.492 e. The van der Waals surface area contributed by atoms with Crippen LogP contribution in [0.25, 0.3) is 10.9 Å². The van der Waals surface area contributed by atoms with Gasteiger partial charge >= 0.3 is 5.69 Å². The van der Waals surface area contributed by atoms with Gasteiger partial charge < -0.3 is 14.5 Å². The van der Waals surface area contributed by atoms with Crippen LogP contribution in [0.3, 0.4) is 0 Å². The number of aromatic amines is 1. The fraction of sp³-hybridized carbons (Fsp3) is 0.250. The highest BCUT2D eigenvalue weighted by Crippen LogP contribution is 2.39. The Balaban J connectivity index is 2.45. The van der Waals surface area contributed by atoms with Crippen molar-refractivity contribution in [3.63, 3.8) is 0 Å². The summed E-state index contributed by atoms with van der Waals surface area (Å²) in [5.74, 6) is 0.532. The second-order valence-corrected chi connectivity index (χ2v) is 4.16. The average molecular weight is 262 g/mol. The Hall–Kier alpha value is -2.57. The first-order valence-electron chi connectivity index (χ1n) is 5.66. The number of H-pyrrole nitrogens is 1. The molecule has 0 saturated heterocycles. The van der Waals surface area contributed by atoms with Crippen LogP contribution in [0.15, 0.2) is 16.9 Å². The molecule has 0 fully saturated rings. The van der Waals surface area contributed by atoms with E-state index < -0.39 is 4.92 Å². The third kappa shape index (κ3) is 1.55. The molecular formula is C12H10N2O5. The first-order chi connectivity index (χ1) is 9.13. The topological polar surface area (TPSA) is 94.5 Å². The quantitative estimate of drug-likeness (QED) is 0.651. The Bertz CT molecular complexity index is 750. The van der Waals surface area contributed by atoms with Crippen LogP contribution in [-0.4, -0.2) is 23.6 Å². The number of nitrogens with zero attached hydrogens (tertiary/aromatic N) is 1.